The number of carbonyl (C=O) groups is 2. The number of hydrogen-bond donors (Lipinski definition) is 3. The number of hydrogen-bond acceptors (Lipinski definition) is 4. The van der Waals surface area contributed by atoms with E-state index in [1.54, 1.807) is 18.2 Å². The molecule has 3 amide bonds. The summed E-state index contributed by atoms with van der Waals surface area (Å²) in [5.74, 6) is -0.657. The molecular formula is C19H25N3O3. The zero-order valence-electron chi connectivity index (χ0n) is 15.5. The Labute approximate surface area is 148 Å². The predicted molar refractivity (Wildman–Crippen MR) is 96.8 cm³/mol. The Hall–Kier alpha value is -2.81. The number of nitrogens with zero attached hydrogens (tertiary/aromatic N) is 1. The summed E-state index contributed by atoms with van der Waals surface area (Å²) in [6, 6.07) is 4.21. The van der Waals surface area contributed by atoms with Crippen molar-refractivity contribution in [2.75, 3.05) is 0 Å². The number of benzene rings is 1. The second kappa shape index (κ2) is 6.98. The lowest BCUT2D eigenvalue weighted by atomic mass is 9.78. The summed E-state index contributed by atoms with van der Waals surface area (Å²) in [5.41, 5.74) is 6.00. The molecule has 6 heteroatoms. The number of aromatic hydroxyl groups is 1. The van der Waals surface area contributed by atoms with Gasteiger partial charge in [-0.05, 0) is 34.6 Å². The van der Waals surface area contributed by atoms with Crippen molar-refractivity contribution in [3.8, 4) is 11.8 Å². The first-order chi connectivity index (χ1) is 11.3. The van der Waals surface area contributed by atoms with Gasteiger partial charge in [0.25, 0.3) is 5.91 Å². The molecule has 0 radical (unpaired) electrons. The lowest BCUT2D eigenvalue weighted by molar-refractivity contribution is -0.115. The summed E-state index contributed by atoms with van der Waals surface area (Å²) in [4.78, 5) is 22.7. The highest BCUT2D eigenvalue weighted by molar-refractivity contribution is 6.08. The number of primary amides is 1. The zero-order chi connectivity index (χ0) is 19.6. The van der Waals surface area contributed by atoms with Gasteiger partial charge in [0.15, 0.2) is 0 Å². The van der Waals surface area contributed by atoms with E-state index in [1.807, 2.05) is 46.9 Å². The molecule has 1 aromatic carbocycles. The molecule has 0 saturated heterocycles. The van der Waals surface area contributed by atoms with Crippen LogP contribution in [0.15, 0.2) is 17.7 Å². The van der Waals surface area contributed by atoms with Gasteiger partial charge in [0.1, 0.15) is 17.4 Å². The second-order valence-electron chi connectivity index (χ2n) is 7.95. The normalized spacial score (nSPS) is 12.4. The standard InChI is InChI=1S/C19H25N3O3/c1-18(2,3)13-8-11(9-14(15(13)23)19(4,5)6)7-12(10-20)16(24)22-17(21)25/h7-9,23H,1-6H3,(H3,21,22,24,25)/b12-7+. The first-order valence-electron chi connectivity index (χ1n) is 7.88. The number of nitriles is 1. The van der Waals surface area contributed by atoms with Crippen LogP contribution in [-0.4, -0.2) is 17.0 Å². The number of phenols is 1. The molecule has 0 aromatic heterocycles. The minimum Gasteiger partial charge on any atom is -0.507 e. The molecule has 0 aliphatic carbocycles. The lowest BCUT2D eigenvalue weighted by Gasteiger charge is -2.28. The summed E-state index contributed by atoms with van der Waals surface area (Å²) in [7, 11) is 0. The fourth-order valence-corrected chi connectivity index (χ4v) is 2.38. The maximum Gasteiger partial charge on any atom is 0.319 e. The van der Waals surface area contributed by atoms with E-state index in [0.29, 0.717) is 16.7 Å². The first kappa shape index (κ1) is 20.2. The van der Waals surface area contributed by atoms with Crippen LogP contribution < -0.4 is 11.1 Å². The molecule has 134 valence electrons. The monoisotopic (exact) mass is 343 g/mol. The number of nitrogens with one attached hydrogen (secondary N) is 1. The number of imide groups is 1. The second-order valence-corrected chi connectivity index (χ2v) is 7.95. The Balaban J connectivity index is 3.60. The van der Waals surface area contributed by atoms with Gasteiger partial charge < -0.3 is 10.8 Å². The molecule has 1 aromatic rings. The van der Waals surface area contributed by atoms with Crippen LogP contribution in [-0.2, 0) is 15.6 Å². The quantitative estimate of drug-likeness (QED) is 0.565. The van der Waals surface area contributed by atoms with Gasteiger partial charge in [-0.25, -0.2) is 4.79 Å². The smallest absolute Gasteiger partial charge is 0.319 e. The number of nitrogens with two attached hydrogens (primary N) is 1. The zero-order valence-corrected chi connectivity index (χ0v) is 15.5. The maximum absolute atomic E-state index is 11.9. The lowest BCUT2D eigenvalue weighted by Crippen LogP contribution is -2.35. The van der Waals surface area contributed by atoms with Crippen LogP contribution in [0.2, 0.25) is 0 Å². The minimum atomic E-state index is -1.03. The van der Waals surface area contributed by atoms with Gasteiger partial charge in [-0.3, -0.25) is 10.1 Å². The van der Waals surface area contributed by atoms with Crippen molar-refractivity contribution in [3.05, 3.63) is 34.4 Å². The maximum atomic E-state index is 11.9. The van der Waals surface area contributed by atoms with Gasteiger partial charge >= 0.3 is 6.03 Å². The van der Waals surface area contributed by atoms with Crippen molar-refractivity contribution in [3.63, 3.8) is 0 Å². The Morgan fingerprint density at radius 1 is 1.12 bits per heavy atom. The molecular weight excluding hydrogens is 318 g/mol. The Kier molecular flexibility index (Phi) is 5.65. The molecule has 0 spiro atoms. The molecule has 0 atom stereocenters. The molecule has 0 heterocycles. The highest BCUT2D eigenvalue weighted by atomic mass is 16.3. The fraction of sp³-hybridized carbons (Fsp3) is 0.421. The Morgan fingerprint density at radius 2 is 1.56 bits per heavy atom. The fourth-order valence-electron chi connectivity index (χ4n) is 2.38. The van der Waals surface area contributed by atoms with Crippen LogP contribution in [0.4, 0.5) is 4.79 Å². The highest BCUT2D eigenvalue weighted by Gasteiger charge is 2.26. The average Bonchev–Trinajstić information content (AvgIpc) is 2.42. The number of amides is 3. The van der Waals surface area contributed by atoms with Crippen molar-refractivity contribution in [1.82, 2.24) is 5.32 Å². The van der Waals surface area contributed by atoms with E-state index < -0.39 is 11.9 Å². The van der Waals surface area contributed by atoms with E-state index in [9.17, 15) is 20.0 Å². The van der Waals surface area contributed by atoms with Crippen LogP contribution >= 0.6 is 0 Å². The predicted octanol–water partition coefficient (Wildman–Crippen LogP) is 3.09. The third kappa shape index (κ3) is 5.08. The van der Waals surface area contributed by atoms with Crippen molar-refractivity contribution in [2.24, 2.45) is 5.73 Å². The van der Waals surface area contributed by atoms with Crippen molar-refractivity contribution in [1.29, 1.82) is 5.26 Å². The number of carbonyl (C=O) groups excluding carboxylic acids is 2. The van der Waals surface area contributed by atoms with Gasteiger partial charge in [0, 0.05) is 11.1 Å². The van der Waals surface area contributed by atoms with E-state index in [-0.39, 0.29) is 22.2 Å². The summed E-state index contributed by atoms with van der Waals surface area (Å²) in [6.45, 7) is 11.8. The van der Waals surface area contributed by atoms with E-state index in [1.165, 1.54) is 6.08 Å². The summed E-state index contributed by atoms with van der Waals surface area (Å²) < 4.78 is 0. The SMILES string of the molecule is CC(C)(C)c1cc(/C=C(\C#N)C(=O)NC(N)=O)cc(C(C)(C)C)c1O. The average molecular weight is 343 g/mol. The van der Waals surface area contributed by atoms with E-state index in [0.717, 1.165) is 0 Å². The van der Waals surface area contributed by atoms with Crippen LogP contribution in [0.3, 0.4) is 0 Å². The number of phenolic OH excluding ortho intramolecular Hbond substituents is 1. The van der Waals surface area contributed by atoms with Crippen LogP contribution in [0.25, 0.3) is 6.08 Å². The molecule has 0 fully saturated rings. The topological polar surface area (TPSA) is 116 Å². The summed E-state index contributed by atoms with van der Waals surface area (Å²) in [6.07, 6.45) is 1.38. The third-order valence-electron chi connectivity index (χ3n) is 3.66. The van der Waals surface area contributed by atoms with Crippen molar-refractivity contribution >= 4 is 18.0 Å². The van der Waals surface area contributed by atoms with Crippen LogP contribution in [0.1, 0.15) is 58.2 Å². The van der Waals surface area contributed by atoms with E-state index in [4.69, 9.17) is 5.73 Å². The van der Waals surface area contributed by atoms with Crippen molar-refractivity contribution < 1.29 is 14.7 Å². The molecule has 6 nitrogen and oxygen atoms in total. The third-order valence-corrected chi connectivity index (χ3v) is 3.66. The largest absolute Gasteiger partial charge is 0.507 e. The number of rotatable bonds is 2. The summed E-state index contributed by atoms with van der Waals surface area (Å²) >= 11 is 0. The van der Waals surface area contributed by atoms with E-state index >= 15 is 0 Å². The molecule has 1 rings (SSSR count). The van der Waals surface area contributed by atoms with Crippen LogP contribution in [0.5, 0.6) is 5.75 Å². The first-order valence-corrected chi connectivity index (χ1v) is 7.88. The Morgan fingerprint density at radius 3 is 1.88 bits per heavy atom. The Bertz CT molecular complexity index is 738. The molecule has 0 saturated carbocycles. The molecule has 0 aliphatic rings. The van der Waals surface area contributed by atoms with Gasteiger partial charge in [-0.2, -0.15) is 5.26 Å². The van der Waals surface area contributed by atoms with E-state index in [2.05, 4.69) is 0 Å². The van der Waals surface area contributed by atoms with Gasteiger partial charge in [0.05, 0.1) is 0 Å². The van der Waals surface area contributed by atoms with Gasteiger partial charge in [0.2, 0.25) is 0 Å². The van der Waals surface area contributed by atoms with Gasteiger partial charge in [-0.1, -0.05) is 41.5 Å². The van der Waals surface area contributed by atoms with Gasteiger partial charge in [-0.15, -0.1) is 0 Å². The van der Waals surface area contributed by atoms with Crippen molar-refractivity contribution in [2.45, 2.75) is 52.4 Å². The minimum absolute atomic E-state index is 0.206. The molecule has 0 aliphatic heterocycles. The molecule has 4 N–H and O–H groups in total. The van der Waals surface area contributed by atoms with Crippen LogP contribution in [0, 0.1) is 11.3 Å². The molecule has 0 unspecified atom stereocenters. The number of urea groups is 1. The molecule has 25 heavy (non-hydrogen) atoms. The molecule has 0 bridgehead atoms. The highest BCUT2D eigenvalue weighted by Crippen LogP contribution is 2.40. The summed E-state index contributed by atoms with van der Waals surface area (Å²) in [5, 5.41) is 21.8.